The van der Waals surface area contributed by atoms with E-state index in [0.717, 1.165) is 41.0 Å². The van der Waals surface area contributed by atoms with Crippen LogP contribution in [0, 0.1) is 12.7 Å². The number of anilines is 1. The lowest BCUT2D eigenvalue weighted by atomic mass is 9.97. The molecule has 2 aromatic heterocycles. The van der Waals surface area contributed by atoms with Gasteiger partial charge in [-0.3, -0.25) is 4.98 Å². The van der Waals surface area contributed by atoms with Gasteiger partial charge in [0.2, 0.25) is 0 Å². The molecule has 0 fully saturated rings. The number of nitrogens with zero attached hydrogens (tertiary/aromatic N) is 3. The molecule has 2 aromatic rings. The fourth-order valence-electron chi connectivity index (χ4n) is 2.71. The maximum absolute atomic E-state index is 13.6. The van der Waals surface area contributed by atoms with E-state index in [1.807, 2.05) is 6.92 Å². The van der Waals surface area contributed by atoms with Crippen LogP contribution in [0.2, 0.25) is 0 Å². The molecule has 0 aromatic carbocycles. The smallest absolute Gasteiger partial charge is 0.320 e. The zero-order chi connectivity index (χ0) is 15.7. The molecule has 1 aliphatic carbocycles. The second-order valence-corrected chi connectivity index (χ2v) is 6.58. The molecular formula is C15H17FN4OS. The minimum absolute atomic E-state index is 0.000140. The topological polar surface area (TPSA) is 58.1 Å². The highest BCUT2D eigenvalue weighted by molar-refractivity contribution is 7.11. The van der Waals surface area contributed by atoms with Gasteiger partial charge in [-0.15, -0.1) is 11.3 Å². The Kier molecular flexibility index (Phi) is 4.06. The average molecular weight is 320 g/mol. The Morgan fingerprint density at radius 3 is 3.14 bits per heavy atom. The summed E-state index contributed by atoms with van der Waals surface area (Å²) in [5, 5.41) is 3.62. The zero-order valence-electron chi connectivity index (χ0n) is 12.5. The number of aromatic nitrogens is 2. The first-order valence-electron chi connectivity index (χ1n) is 7.16. The van der Waals surface area contributed by atoms with Gasteiger partial charge >= 0.3 is 6.03 Å². The molecule has 0 unspecified atom stereocenters. The Labute approximate surface area is 132 Å². The SMILES string of the molecule is Cc1nc2c(s1)[C@H](N(C)C(=O)Nc1ccncc1F)CCC2. The molecule has 2 amide bonds. The highest BCUT2D eigenvalue weighted by atomic mass is 32.1. The number of nitrogens with one attached hydrogen (secondary N) is 1. The molecule has 116 valence electrons. The van der Waals surface area contributed by atoms with E-state index in [4.69, 9.17) is 0 Å². The number of carbonyl (C=O) groups excluding carboxylic acids is 1. The highest BCUT2D eigenvalue weighted by Crippen LogP contribution is 2.37. The Morgan fingerprint density at radius 1 is 1.55 bits per heavy atom. The van der Waals surface area contributed by atoms with Crippen molar-refractivity contribution in [3.63, 3.8) is 0 Å². The van der Waals surface area contributed by atoms with Crippen LogP contribution in [0.15, 0.2) is 18.5 Å². The van der Waals surface area contributed by atoms with Gasteiger partial charge in [-0.05, 0) is 32.3 Å². The maximum atomic E-state index is 13.6. The van der Waals surface area contributed by atoms with Crippen molar-refractivity contribution in [3.05, 3.63) is 39.9 Å². The van der Waals surface area contributed by atoms with Crippen LogP contribution >= 0.6 is 11.3 Å². The molecule has 1 atom stereocenters. The van der Waals surface area contributed by atoms with Crippen molar-refractivity contribution >= 4 is 23.1 Å². The Hall–Kier alpha value is -2.02. The van der Waals surface area contributed by atoms with E-state index in [1.165, 1.54) is 12.3 Å². The van der Waals surface area contributed by atoms with Crippen LogP contribution < -0.4 is 5.32 Å². The third kappa shape index (κ3) is 2.81. The number of thiazole rings is 1. The van der Waals surface area contributed by atoms with Crippen LogP contribution in [0.25, 0.3) is 0 Å². The maximum Gasteiger partial charge on any atom is 0.322 e. The van der Waals surface area contributed by atoms with Crippen LogP contribution in [-0.4, -0.2) is 27.9 Å². The summed E-state index contributed by atoms with van der Waals surface area (Å²) in [6.07, 6.45) is 5.40. The van der Waals surface area contributed by atoms with Gasteiger partial charge in [-0.25, -0.2) is 14.2 Å². The van der Waals surface area contributed by atoms with Gasteiger partial charge in [0.15, 0.2) is 5.82 Å². The number of urea groups is 1. The van der Waals surface area contributed by atoms with E-state index < -0.39 is 5.82 Å². The molecule has 5 nitrogen and oxygen atoms in total. The van der Waals surface area contributed by atoms with Gasteiger partial charge in [-0.2, -0.15) is 0 Å². The fraction of sp³-hybridized carbons (Fsp3) is 0.400. The van der Waals surface area contributed by atoms with Crippen LogP contribution in [0.4, 0.5) is 14.9 Å². The van der Waals surface area contributed by atoms with E-state index in [1.54, 1.807) is 23.3 Å². The number of aryl methyl sites for hydroxylation is 2. The summed E-state index contributed by atoms with van der Waals surface area (Å²) in [4.78, 5) is 23.4. The first-order valence-corrected chi connectivity index (χ1v) is 7.97. The summed E-state index contributed by atoms with van der Waals surface area (Å²) in [5.41, 5.74) is 1.23. The lowest BCUT2D eigenvalue weighted by molar-refractivity contribution is 0.198. The van der Waals surface area contributed by atoms with E-state index >= 15 is 0 Å². The van der Waals surface area contributed by atoms with Gasteiger partial charge in [0.05, 0.1) is 33.5 Å². The molecule has 0 spiro atoms. The molecule has 0 bridgehead atoms. The van der Waals surface area contributed by atoms with Gasteiger partial charge in [-0.1, -0.05) is 0 Å². The second-order valence-electron chi connectivity index (χ2n) is 5.35. The summed E-state index contributed by atoms with van der Waals surface area (Å²) in [6.45, 7) is 1.98. The quantitative estimate of drug-likeness (QED) is 0.921. The van der Waals surface area contributed by atoms with Crippen molar-refractivity contribution in [2.75, 3.05) is 12.4 Å². The Balaban J connectivity index is 1.78. The molecule has 0 saturated carbocycles. The van der Waals surface area contributed by atoms with E-state index in [2.05, 4.69) is 15.3 Å². The van der Waals surface area contributed by atoms with Gasteiger partial charge < -0.3 is 10.2 Å². The molecule has 3 rings (SSSR count). The lowest BCUT2D eigenvalue weighted by Crippen LogP contribution is -2.36. The summed E-state index contributed by atoms with van der Waals surface area (Å²) in [7, 11) is 1.74. The number of hydrogen-bond donors (Lipinski definition) is 1. The lowest BCUT2D eigenvalue weighted by Gasteiger charge is -2.30. The van der Waals surface area contributed by atoms with Crippen LogP contribution in [0.3, 0.4) is 0 Å². The predicted molar refractivity (Wildman–Crippen MR) is 83.5 cm³/mol. The van der Waals surface area contributed by atoms with E-state index in [-0.39, 0.29) is 17.8 Å². The molecule has 22 heavy (non-hydrogen) atoms. The van der Waals surface area contributed by atoms with Crippen molar-refractivity contribution < 1.29 is 9.18 Å². The summed E-state index contributed by atoms with van der Waals surface area (Å²) >= 11 is 1.64. The van der Waals surface area contributed by atoms with Crippen LogP contribution in [-0.2, 0) is 6.42 Å². The van der Waals surface area contributed by atoms with Gasteiger partial charge in [0, 0.05) is 13.2 Å². The molecule has 0 radical (unpaired) electrons. The molecule has 1 N–H and O–H groups in total. The van der Waals surface area contributed by atoms with Crippen molar-refractivity contribution in [3.8, 4) is 0 Å². The molecule has 0 aliphatic heterocycles. The molecular weight excluding hydrogens is 303 g/mol. The number of fused-ring (bicyclic) bond motifs is 1. The van der Waals surface area contributed by atoms with Crippen molar-refractivity contribution in [2.45, 2.75) is 32.2 Å². The van der Waals surface area contributed by atoms with Crippen molar-refractivity contribution in [1.29, 1.82) is 0 Å². The molecule has 2 heterocycles. The number of amides is 2. The van der Waals surface area contributed by atoms with Gasteiger partial charge in [0.25, 0.3) is 0 Å². The number of pyridine rings is 1. The molecule has 1 aliphatic rings. The van der Waals surface area contributed by atoms with Crippen molar-refractivity contribution in [2.24, 2.45) is 0 Å². The first-order chi connectivity index (χ1) is 10.6. The summed E-state index contributed by atoms with van der Waals surface area (Å²) < 4.78 is 13.6. The number of halogens is 1. The van der Waals surface area contributed by atoms with Crippen LogP contribution in [0.1, 0.15) is 34.5 Å². The second kappa shape index (κ2) is 6.00. The minimum atomic E-state index is -0.540. The third-order valence-corrected chi connectivity index (χ3v) is 4.94. The minimum Gasteiger partial charge on any atom is -0.320 e. The Bertz CT molecular complexity index is 703. The fourth-order valence-corrected chi connectivity index (χ4v) is 3.86. The number of rotatable bonds is 2. The van der Waals surface area contributed by atoms with Crippen molar-refractivity contribution in [1.82, 2.24) is 14.9 Å². The van der Waals surface area contributed by atoms with E-state index in [9.17, 15) is 9.18 Å². The molecule has 0 saturated heterocycles. The largest absolute Gasteiger partial charge is 0.322 e. The predicted octanol–water partition coefficient (Wildman–Crippen LogP) is 3.53. The third-order valence-electron chi connectivity index (χ3n) is 3.83. The summed E-state index contributed by atoms with van der Waals surface area (Å²) in [5.74, 6) is -0.540. The summed E-state index contributed by atoms with van der Waals surface area (Å²) in [6, 6.07) is 1.12. The zero-order valence-corrected chi connectivity index (χ0v) is 13.3. The number of carbonyl (C=O) groups is 1. The average Bonchev–Trinajstić information content (AvgIpc) is 2.88. The van der Waals surface area contributed by atoms with Gasteiger partial charge in [0.1, 0.15) is 0 Å². The Morgan fingerprint density at radius 2 is 2.36 bits per heavy atom. The highest BCUT2D eigenvalue weighted by Gasteiger charge is 2.29. The van der Waals surface area contributed by atoms with Crippen LogP contribution in [0.5, 0.6) is 0 Å². The molecule has 7 heteroatoms. The number of hydrogen-bond acceptors (Lipinski definition) is 4. The standard InChI is InChI=1S/C15H17FN4OS/c1-9-18-12-4-3-5-13(14(12)22-9)20(2)15(21)19-11-6-7-17-8-10(11)16/h6-8,13H,3-5H2,1-2H3,(H,17,19,21)/t13-/m1/s1. The normalized spacial score (nSPS) is 17.0. The first kappa shape index (κ1) is 14.9. The monoisotopic (exact) mass is 320 g/mol. The van der Waals surface area contributed by atoms with E-state index in [0.29, 0.717) is 0 Å².